The van der Waals surface area contributed by atoms with Crippen LogP contribution in [0, 0.1) is 5.92 Å². The maximum atomic E-state index is 11.9. The van der Waals surface area contributed by atoms with Gasteiger partial charge < -0.3 is 14.8 Å². The van der Waals surface area contributed by atoms with E-state index in [-0.39, 0.29) is 18.6 Å². The Bertz CT molecular complexity index is 502. The van der Waals surface area contributed by atoms with Gasteiger partial charge in [0, 0.05) is 26.2 Å². The summed E-state index contributed by atoms with van der Waals surface area (Å²) < 4.78 is 11.2. The van der Waals surface area contributed by atoms with E-state index in [4.69, 9.17) is 9.47 Å². The van der Waals surface area contributed by atoms with Crippen molar-refractivity contribution in [2.75, 3.05) is 39.4 Å². The van der Waals surface area contributed by atoms with E-state index in [9.17, 15) is 4.79 Å². The van der Waals surface area contributed by atoms with Gasteiger partial charge in [0.1, 0.15) is 5.75 Å². The van der Waals surface area contributed by atoms with E-state index >= 15 is 0 Å². The molecule has 1 N–H and O–H groups in total. The molecule has 1 unspecified atom stereocenters. The average molecular weight is 334 g/mol. The van der Waals surface area contributed by atoms with Gasteiger partial charge in [-0.2, -0.15) is 0 Å². The number of ether oxygens (including phenoxy) is 2. The van der Waals surface area contributed by atoms with Crippen LogP contribution in [0.3, 0.4) is 0 Å². The molecule has 1 aliphatic rings. The van der Waals surface area contributed by atoms with Crippen LogP contribution in [0.15, 0.2) is 24.3 Å². The third kappa shape index (κ3) is 6.49. The monoisotopic (exact) mass is 334 g/mol. The van der Waals surface area contributed by atoms with E-state index in [1.165, 1.54) is 5.56 Å². The van der Waals surface area contributed by atoms with Crippen molar-refractivity contribution in [3.8, 4) is 5.75 Å². The summed E-state index contributed by atoms with van der Waals surface area (Å²) in [5.74, 6) is 1.25. The molecular weight excluding hydrogens is 304 g/mol. The van der Waals surface area contributed by atoms with Crippen LogP contribution in [-0.2, 0) is 16.0 Å². The van der Waals surface area contributed by atoms with Crippen LogP contribution in [0.2, 0.25) is 0 Å². The van der Waals surface area contributed by atoms with E-state index in [2.05, 4.69) is 31.0 Å². The molecule has 2 rings (SSSR count). The maximum Gasteiger partial charge on any atom is 0.258 e. The molecule has 0 bridgehead atoms. The summed E-state index contributed by atoms with van der Waals surface area (Å²) in [4.78, 5) is 14.3. The highest BCUT2D eigenvalue weighted by atomic mass is 16.5. The third-order valence-electron chi connectivity index (χ3n) is 4.07. The molecule has 1 atom stereocenters. The molecule has 5 nitrogen and oxygen atoms in total. The quantitative estimate of drug-likeness (QED) is 0.791. The first-order chi connectivity index (χ1) is 11.6. The highest BCUT2D eigenvalue weighted by Gasteiger charge is 2.21. The van der Waals surface area contributed by atoms with Gasteiger partial charge in [-0.05, 0) is 30.0 Å². The maximum absolute atomic E-state index is 11.9. The lowest BCUT2D eigenvalue weighted by Crippen LogP contribution is -2.48. The Morgan fingerprint density at radius 1 is 1.38 bits per heavy atom. The second kappa shape index (κ2) is 9.64. The molecule has 24 heavy (non-hydrogen) atoms. The molecule has 1 amide bonds. The van der Waals surface area contributed by atoms with Gasteiger partial charge in [0.2, 0.25) is 0 Å². The van der Waals surface area contributed by atoms with Crippen LogP contribution in [0.4, 0.5) is 0 Å². The minimum absolute atomic E-state index is 0.0356. The molecule has 0 saturated carbocycles. The molecule has 1 aromatic carbocycles. The number of carbonyl (C=O) groups is 1. The number of morpholine rings is 1. The number of hydrogen-bond donors (Lipinski definition) is 1. The number of hydrogen-bond acceptors (Lipinski definition) is 4. The van der Waals surface area contributed by atoms with Crippen LogP contribution in [-0.4, -0.2) is 56.3 Å². The van der Waals surface area contributed by atoms with Gasteiger partial charge in [-0.25, -0.2) is 0 Å². The van der Waals surface area contributed by atoms with Crippen LogP contribution in [0.25, 0.3) is 0 Å². The summed E-state index contributed by atoms with van der Waals surface area (Å²) in [6, 6.07) is 7.85. The Kier molecular flexibility index (Phi) is 7.53. The Labute approximate surface area is 145 Å². The molecule has 1 aromatic rings. The summed E-state index contributed by atoms with van der Waals surface area (Å²) >= 11 is 0. The predicted octanol–water partition coefficient (Wildman–Crippen LogP) is 2.10. The second-order valence-corrected chi connectivity index (χ2v) is 6.74. The zero-order chi connectivity index (χ0) is 17.4. The highest BCUT2D eigenvalue weighted by Crippen LogP contribution is 2.12. The van der Waals surface area contributed by atoms with E-state index in [1.54, 1.807) is 0 Å². The zero-order valence-electron chi connectivity index (χ0n) is 15.1. The SMILES string of the molecule is CCc1ccc(OCC(=O)NCC2CN(CC(C)C)CCO2)cc1. The first-order valence-corrected chi connectivity index (χ1v) is 8.89. The summed E-state index contributed by atoms with van der Waals surface area (Å²) in [5.41, 5.74) is 1.26. The first-order valence-electron chi connectivity index (χ1n) is 8.89. The molecular formula is C19H30N2O3. The largest absolute Gasteiger partial charge is 0.484 e. The van der Waals surface area contributed by atoms with Crippen molar-refractivity contribution in [2.45, 2.75) is 33.3 Å². The Balaban J connectivity index is 1.66. The summed E-state index contributed by atoms with van der Waals surface area (Å²) in [5, 5.41) is 2.90. The smallest absolute Gasteiger partial charge is 0.258 e. The van der Waals surface area contributed by atoms with Crippen molar-refractivity contribution in [2.24, 2.45) is 5.92 Å². The Morgan fingerprint density at radius 3 is 2.79 bits per heavy atom. The van der Waals surface area contributed by atoms with Gasteiger partial charge in [0.05, 0.1) is 12.7 Å². The highest BCUT2D eigenvalue weighted by molar-refractivity contribution is 5.77. The number of carbonyl (C=O) groups excluding carboxylic acids is 1. The predicted molar refractivity (Wildman–Crippen MR) is 95.3 cm³/mol. The van der Waals surface area contributed by atoms with Gasteiger partial charge in [-0.15, -0.1) is 0 Å². The van der Waals surface area contributed by atoms with Crippen molar-refractivity contribution in [1.82, 2.24) is 10.2 Å². The van der Waals surface area contributed by atoms with Gasteiger partial charge >= 0.3 is 0 Å². The third-order valence-corrected chi connectivity index (χ3v) is 4.07. The standard InChI is InChI=1S/C19H30N2O3/c1-4-16-5-7-17(8-6-16)24-14-19(22)20-11-18-13-21(9-10-23-18)12-15(2)3/h5-8,15,18H,4,9-14H2,1-3H3,(H,20,22). The molecule has 134 valence electrons. The molecule has 5 heteroatoms. The number of rotatable bonds is 8. The Hall–Kier alpha value is -1.59. The molecule has 0 spiro atoms. The van der Waals surface area contributed by atoms with Crippen molar-refractivity contribution >= 4 is 5.91 Å². The van der Waals surface area contributed by atoms with Gasteiger partial charge in [-0.3, -0.25) is 9.69 Å². The lowest BCUT2D eigenvalue weighted by Gasteiger charge is -2.33. The number of nitrogens with zero attached hydrogens (tertiary/aromatic N) is 1. The average Bonchev–Trinajstić information content (AvgIpc) is 2.58. The molecule has 1 heterocycles. The van der Waals surface area contributed by atoms with Gasteiger partial charge in [0.15, 0.2) is 6.61 Å². The zero-order valence-corrected chi connectivity index (χ0v) is 15.1. The molecule has 0 radical (unpaired) electrons. The van der Waals surface area contributed by atoms with Gasteiger partial charge in [-0.1, -0.05) is 32.9 Å². The molecule has 1 fully saturated rings. The van der Waals surface area contributed by atoms with Gasteiger partial charge in [0.25, 0.3) is 5.91 Å². The second-order valence-electron chi connectivity index (χ2n) is 6.74. The van der Waals surface area contributed by atoms with Crippen LogP contribution in [0.1, 0.15) is 26.3 Å². The number of aryl methyl sites for hydroxylation is 1. The minimum atomic E-state index is -0.112. The topological polar surface area (TPSA) is 50.8 Å². The number of amides is 1. The van der Waals surface area contributed by atoms with Crippen LogP contribution < -0.4 is 10.1 Å². The molecule has 1 aliphatic heterocycles. The Morgan fingerprint density at radius 2 is 2.12 bits per heavy atom. The molecule has 0 aromatic heterocycles. The van der Waals surface area contributed by atoms with E-state index in [0.717, 1.165) is 38.4 Å². The van der Waals surface area contributed by atoms with Crippen molar-refractivity contribution in [3.63, 3.8) is 0 Å². The van der Waals surface area contributed by atoms with E-state index in [1.807, 2.05) is 24.3 Å². The molecule has 1 saturated heterocycles. The molecule has 0 aliphatic carbocycles. The van der Waals surface area contributed by atoms with Crippen molar-refractivity contribution < 1.29 is 14.3 Å². The van der Waals surface area contributed by atoms with Crippen molar-refractivity contribution in [1.29, 1.82) is 0 Å². The first kappa shape index (κ1) is 18.7. The number of benzene rings is 1. The minimum Gasteiger partial charge on any atom is -0.484 e. The van der Waals surface area contributed by atoms with E-state index in [0.29, 0.717) is 12.5 Å². The van der Waals surface area contributed by atoms with Crippen LogP contribution in [0.5, 0.6) is 5.75 Å². The fourth-order valence-corrected chi connectivity index (χ4v) is 2.84. The lowest BCUT2D eigenvalue weighted by molar-refractivity contribution is -0.124. The lowest BCUT2D eigenvalue weighted by atomic mass is 10.2. The number of nitrogens with one attached hydrogen (secondary N) is 1. The fourth-order valence-electron chi connectivity index (χ4n) is 2.84. The van der Waals surface area contributed by atoms with Crippen molar-refractivity contribution in [3.05, 3.63) is 29.8 Å². The van der Waals surface area contributed by atoms with E-state index < -0.39 is 0 Å². The van der Waals surface area contributed by atoms with Crippen LogP contribution >= 0.6 is 0 Å². The summed E-state index contributed by atoms with van der Waals surface area (Å²) in [6.07, 6.45) is 1.06. The summed E-state index contributed by atoms with van der Waals surface area (Å²) in [7, 11) is 0. The summed E-state index contributed by atoms with van der Waals surface area (Å²) in [6.45, 7) is 10.8. The fraction of sp³-hybridized carbons (Fsp3) is 0.632. The normalized spacial score (nSPS) is 18.6.